The van der Waals surface area contributed by atoms with Crippen molar-refractivity contribution in [2.75, 3.05) is 0 Å². The first kappa shape index (κ1) is 21.6. The molecule has 4 aliphatic carbocycles. The second-order valence-electron chi connectivity index (χ2n) is 11.5. The van der Waals surface area contributed by atoms with Crippen LogP contribution in [0.15, 0.2) is 0 Å². The normalized spacial score (nSPS) is 51.4. The Kier molecular flexibility index (Phi) is 5.57. The zero-order valence-corrected chi connectivity index (χ0v) is 18.3. The molecule has 11 unspecified atom stereocenters. The van der Waals surface area contributed by atoms with Crippen molar-refractivity contribution in [3.8, 4) is 0 Å². The number of hydrogen-bond acceptors (Lipinski definition) is 4. The van der Waals surface area contributed by atoms with Crippen molar-refractivity contribution in [2.24, 2.45) is 46.3 Å². The molecule has 0 spiro atoms. The van der Waals surface area contributed by atoms with Crippen molar-refractivity contribution >= 4 is 5.97 Å². The zero-order chi connectivity index (χ0) is 21.1. The van der Waals surface area contributed by atoms with Crippen LogP contribution in [0, 0.1) is 46.3 Å². The molecule has 4 rings (SSSR count). The Balaban J connectivity index is 1.56. The highest BCUT2D eigenvalue weighted by Gasteiger charge is 2.62. The number of carbonyl (C=O) groups is 1. The van der Waals surface area contributed by atoms with Gasteiger partial charge in [0.25, 0.3) is 0 Å². The molecule has 0 aliphatic heterocycles. The number of rotatable bonds is 4. The predicted molar refractivity (Wildman–Crippen MR) is 110 cm³/mol. The van der Waals surface area contributed by atoms with Gasteiger partial charge in [0.15, 0.2) is 6.10 Å². The maximum absolute atomic E-state index is 11.2. The van der Waals surface area contributed by atoms with Crippen molar-refractivity contribution in [1.82, 2.24) is 0 Å². The Morgan fingerprint density at radius 2 is 1.66 bits per heavy atom. The number of carboxylic acids is 1. The van der Waals surface area contributed by atoms with Crippen LogP contribution in [0.2, 0.25) is 0 Å². The molecule has 0 aromatic carbocycles. The van der Waals surface area contributed by atoms with Crippen molar-refractivity contribution in [1.29, 1.82) is 0 Å². The molecule has 0 amide bonds. The highest BCUT2D eigenvalue weighted by Crippen LogP contribution is 2.68. The van der Waals surface area contributed by atoms with Crippen LogP contribution in [-0.2, 0) is 4.79 Å². The molecule has 0 aromatic heterocycles. The molecule has 4 fully saturated rings. The van der Waals surface area contributed by atoms with E-state index < -0.39 is 12.1 Å². The maximum Gasteiger partial charge on any atom is 0.332 e. The lowest BCUT2D eigenvalue weighted by Gasteiger charge is -2.62. The molecule has 166 valence electrons. The molecule has 0 saturated heterocycles. The van der Waals surface area contributed by atoms with Crippen molar-refractivity contribution in [2.45, 2.75) is 96.9 Å². The minimum Gasteiger partial charge on any atom is -0.479 e. The van der Waals surface area contributed by atoms with Gasteiger partial charge in [-0.3, -0.25) is 0 Å². The van der Waals surface area contributed by atoms with Crippen molar-refractivity contribution in [3.05, 3.63) is 0 Å². The fourth-order valence-corrected chi connectivity index (χ4v) is 8.79. The van der Waals surface area contributed by atoms with E-state index in [-0.39, 0.29) is 29.0 Å². The zero-order valence-electron chi connectivity index (χ0n) is 18.3. The Morgan fingerprint density at radius 1 is 1.00 bits per heavy atom. The largest absolute Gasteiger partial charge is 0.479 e. The average molecular weight is 409 g/mol. The first-order valence-electron chi connectivity index (χ1n) is 11.8. The summed E-state index contributed by atoms with van der Waals surface area (Å²) in [6, 6.07) is 0. The molecule has 0 bridgehead atoms. The Morgan fingerprint density at radius 3 is 2.34 bits per heavy atom. The van der Waals surface area contributed by atoms with Gasteiger partial charge in [-0.25, -0.2) is 4.79 Å². The molecule has 0 radical (unpaired) electrons. The van der Waals surface area contributed by atoms with Gasteiger partial charge in [0.1, 0.15) is 0 Å². The number of carboxylic acid groups (broad SMARTS) is 1. The number of aliphatic carboxylic acids is 1. The van der Waals surface area contributed by atoms with Crippen LogP contribution in [0.4, 0.5) is 0 Å². The van der Waals surface area contributed by atoms with E-state index in [1.54, 1.807) is 0 Å². The monoisotopic (exact) mass is 408 g/mol. The Labute approximate surface area is 174 Å². The molecular formula is C24H40O5. The van der Waals surface area contributed by atoms with E-state index >= 15 is 0 Å². The minimum absolute atomic E-state index is 0.122. The van der Waals surface area contributed by atoms with Gasteiger partial charge in [0.2, 0.25) is 0 Å². The number of fused-ring (bicyclic) bond motifs is 5. The van der Waals surface area contributed by atoms with Gasteiger partial charge in [-0.15, -0.1) is 0 Å². The standard InChI is InChI=1S/C24H40O5/c1-13(10-20(27)22(28)29)16-4-5-17-21-18(7-9-24(16,17)3)23(2)8-6-15(25)11-14(23)12-19(21)26/h13-21,25-27H,4-12H2,1-3H3,(H,28,29). The van der Waals surface area contributed by atoms with Crippen LogP contribution in [0.1, 0.15) is 78.6 Å². The van der Waals surface area contributed by atoms with Crippen LogP contribution < -0.4 is 0 Å². The van der Waals surface area contributed by atoms with E-state index in [2.05, 4.69) is 20.8 Å². The fraction of sp³-hybridized carbons (Fsp3) is 0.958. The van der Waals surface area contributed by atoms with Crippen LogP contribution >= 0.6 is 0 Å². The quantitative estimate of drug-likeness (QED) is 0.571. The van der Waals surface area contributed by atoms with Crippen LogP contribution in [0.25, 0.3) is 0 Å². The number of hydrogen-bond donors (Lipinski definition) is 4. The summed E-state index contributed by atoms with van der Waals surface area (Å²) < 4.78 is 0. The van der Waals surface area contributed by atoms with Crippen molar-refractivity contribution in [3.63, 3.8) is 0 Å². The molecule has 4 aliphatic rings. The smallest absolute Gasteiger partial charge is 0.332 e. The molecule has 0 aromatic rings. The van der Waals surface area contributed by atoms with E-state index in [4.69, 9.17) is 5.11 Å². The van der Waals surface area contributed by atoms with Crippen LogP contribution in [-0.4, -0.2) is 44.7 Å². The van der Waals surface area contributed by atoms with E-state index in [9.17, 15) is 20.1 Å². The van der Waals surface area contributed by atoms with Gasteiger partial charge in [-0.05, 0) is 104 Å². The third-order valence-corrected chi connectivity index (χ3v) is 10.3. The molecule has 4 N–H and O–H groups in total. The Hall–Kier alpha value is -0.650. The second-order valence-corrected chi connectivity index (χ2v) is 11.5. The third-order valence-electron chi connectivity index (χ3n) is 10.3. The molecule has 0 heterocycles. The molecule has 11 atom stereocenters. The van der Waals surface area contributed by atoms with Crippen molar-refractivity contribution < 1.29 is 25.2 Å². The first-order chi connectivity index (χ1) is 13.6. The first-order valence-corrected chi connectivity index (χ1v) is 11.8. The third kappa shape index (κ3) is 3.36. The molecular weight excluding hydrogens is 368 g/mol. The molecule has 4 saturated carbocycles. The SMILES string of the molecule is CC(CC(O)C(=O)O)C1CCC2C3C(O)CC4CC(O)CCC4(C)C3CCC12C. The average Bonchev–Trinajstić information content (AvgIpc) is 3.00. The van der Waals surface area contributed by atoms with Crippen LogP contribution in [0.3, 0.4) is 0 Å². The van der Waals surface area contributed by atoms with Gasteiger partial charge in [0.05, 0.1) is 12.2 Å². The molecule has 29 heavy (non-hydrogen) atoms. The van der Waals surface area contributed by atoms with E-state index in [1.807, 2.05) is 0 Å². The molecule has 5 nitrogen and oxygen atoms in total. The summed E-state index contributed by atoms with van der Waals surface area (Å²) in [5.41, 5.74) is 0.352. The summed E-state index contributed by atoms with van der Waals surface area (Å²) in [4.78, 5) is 11.1. The Bertz CT molecular complexity index is 637. The summed E-state index contributed by atoms with van der Waals surface area (Å²) in [7, 11) is 0. The fourth-order valence-electron chi connectivity index (χ4n) is 8.79. The molecule has 5 heteroatoms. The highest BCUT2D eigenvalue weighted by molar-refractivity contribution is 5.71. The summed E-state index contributed by atoms with van der Waals surface area (Å²) in [5, 5.41) is 40.5. The van der Waals surface area contributed by atoms with Gasteiger partial charge < -0.3 is 20.4 Å². The van der Waals surface area contributed by atoms with Crippen LogP contribution in [0.5, 0.6) is 0 Å². The van der Waals surface area contributed by atoms with E-state index in [0.29, 0.717) is 36.0 Å². The second kappa shape index (κ2) is 7.49. The summed E-state index contributed by atoms with van der Waals surface area (Å²) in [6.07, 6.45) is 6.60. The van der Waals surface area contributed by atoms with Gasteiger partial charge >= 0.3 is 5.97 Å². The predicted octanol–water partition coefficient (Wildman–Crippen LogP) is 3.45. The number of aliphatic hydroxyl groups is 3. The highest BCUT2D eigenvalue weighted by atomic mass is 16.4. The van der Waals surface area contributed by atoms with Gasteiger partial charge in [0, 0.05) is 0 Å². The summed E-state index contributed by atoms with van der Waals surface area (Å²) in [5.74, 6) is 1.22. The minimum atomic E-state index is -1.28. The lowest BCUT2D eigenvalue weighted by Crippen LogP contribution is -2.58. The maximum atomic E-state index is 11.2. The summed E-state index contributed by atoms with van der Waals surface area (Å²) >= 11 is 0. The van der Waals surface area contributed by atoms with Gasteiger partial charge in [-0.2, -0.15) is 0 Å². The summed E-state index contributed by atoms with van der Waals surface area (Å²) in [6.45, 7) is 6.91. The van der Waals surface area contributed by atoms with E-state index in [0.717, 1.165) is 51.4 Å². The lowest BCUT2D eigenvalue weighted by atomic mass is 9.43. The van der Waals surface area contributed by atoms with E-state index in [1.165, 1.54) is 0 Å². The van der Waals surface area contributed by atoms with Gasteiger partial charge in [-0.1, -0.05) is 20.8 Å². The topological polar surface area (TPSA) is 98.0 Å². The number of aliphatic hydroxyl groups excluding tert-OH is 3. The lowest BCUT2D eigenvalue weighted by molar-refractivity contribution is -0.174.